The number of hydrogen-bond acceptors (Lipinski definition) is 2. The Kier molecular flexibility index (Phi) is 4.59. The summed E-state index contributed by atoms with van der Waals surface area (Å²) in [5.74, 6) is 0.710. The second-order valence-corrected chi connectivity index (χ2v) is 5.25. The summed E-state index contributed by atoms with van der Waals surface area (Å²) >= 11 is 5.83. The number of halogens is 1. The molecule has 0 aromatic carbocycles. The minimum atomic E-state index is 0.0982. The van der Waals surface area contributed by atoms with E-state index in [0.717, 1.165) is 31.4 Å². The lowest BCUT2D eigenvalue weighted by molar-refractivity contribution is 0.0608. The molecule has 0 radical (unpaired) electrons. The maximum atomic E-state index is 12.5. The van der Waals surface area contributed by atoms with E-state index in [1.54, 1.807) is 12.4 Å². The molecule has 4 heteroatoms. The standard InChI is InChI=1S/C14H19ClN2O/c1-11-8-12(10-16-9-11)14(18)17-7-3-2-4-13(17)5-6-15/h8-10,13H,2-7H2,1H3. The molecule has 0 spiro atoms. The number of alkyl halides is 1. The van der Waals surface area contributed by atoms with Gasteiger partial charge >= 0.3 is 0 Å². The van der Waals surface area contributed by atoms with Gasteiger partial charge in [0.1, 0.15) is 0 Å². The summed E-state index contributed by atoms with van der Waals surface area (Å²) in [6.45, 7) is 2.80. The van der Waals surface area contributed by atoms with E-state index in [2.05, 4.69) is 4.98 Å². The van der Waals surface area contributed by atoms with E-state index < -0.39 is 0 Å². The number of nitrogens with zero attached hydrogens (tertiary/aromatic N) is 2. The third kappa shape index (κ3) is 3.02. The summed E-state index contributed by atoms with van der Waals surface area (Å²) in [5, 5.41) is 0. The Hall–Kier alpha value is -1.09. The fraction of sp³-hybridized carbons (Fsp3) is 0.571. The molecular formula is C14H19ClN2O. The van der Waals surface area contributed by atoms with Crippen LogP contribution in [-0.4, -0.2) is 34.3 Å². The number of hydrogen-bond donors (Lipinski definition) is 0. The molecule has 0 N–H and O–H groups in total. The van der Waals surface area contributed by atoms with Crippen LogP contribution in [0.4, 0.5) is 0 Å². The lowest BCUT2D eigenvalue weighted by Gasteiger charge is -2.35. The Morgan fingerprint density at radius 3 is 3.06 bits per heavy atom. The van der Waals surface area contributed by atoms with Crippen LogP contribution in [0.1, 0.15) is 41.6 Å². The van der Waals surface area contributed by atoms with E-state index in [1.807, 2.05) is 17.9 Å². The van der Waals surface area contributed by atoms with Crippen LogP contribution in [0.3, 0.4) is 0 Å². The van der Waals surface area contributed by atoms with Crippen molar-refractivity contribution in [2.24, 2.45) is 0 Å². The van der Waals surface area contributed by atoms with Crippen LogP contribution in [0.25, 0.3) is 0 Å². The number of aromatic nitrogens is 1. The van der Waals surface area contributed by atoms with Gasteiger partial charge in [0, 0.05) is 30.9 Å². The SMILES string of the molecule is Cc1cncc(C(=O)N2CCCCC2CCCl)c1. The fourth-order valence-electron chi connectivity index (χ4n) is 2.53. The van der Waals surface area contributed by atoms with Gasteiger partial charge in [-0.2, -0.15) is 0 Å². The van der Waals surface area contributed by atoms with Crippen molar-refractivity contribution < 1.29 is 4.79 Å². The molecule has 18 heavy (non-hydrogen) atoms. The number of amides is 1. The van der Waals surface area contributed by atoms with Gasteiger partial charge in [0.25, 0.3) is 5.91 Å². The highest BCUT2D eigenvalue weighted by molar-refractivity contribution is 6.17. The molecule has 1 unspecified atom stereocenters. The van der Waals surface area contributed by atoms with Gasteiger partial charge in [0.2, 0.25) is 0 Å². The number of pyridine rings is 1. The Morgan fingerprint density at radius 1 is 1.50 bits per heavy atom. The van der Waals surface area contributed by atoms with Gasteiger partial charge < -0.3 is 4.90 Å². The molecular weight excluding hydrogens is 248 g/mol. The van der Waals surface area contributed by atoms with Crippen LogP contribution in [0.5, 0.6) is 0 Å². The Morgan fingerprint density at radius 2 is 2.33 bits per heavy atom. The summed E-state index contributed by atoms with van der Waals surface area (Å²) in [7, 11) is 0. The lowest BCUT2D eigenvalue weighted by Crippen LogP contribution is -2.44. The van der Waals surface area contributed by atoms with Crippen molar-refractivity contribution >= 4 is 17.5 Å². The summed E-state index contributed by atoms with van der Waals surface area (Å²) in [5.41, 5.74) is 1.71. The molecule has 98 valence electrons. The van der Waals surface area contributed by atoms with Crippen molar-refractivity contribution in [1.82, 2.24) is 9.88 Å². The van der Waals surface area contributed by atoms with E-state index in [0.29, 0.717) is 17.5 Å². The van der Waals surface area contributed by atoms with Crippen LogP contribution in [0.15, 0.2) is 18.5 Å². The maximum Gasteiger partial charge on any atom is 0.255 e. The molecule has 0 saturated carbocycles. The Bertz CT molecular complexity index is 420. The van der Waals surface area contributed by atoms with Crippen LogP contribution >= 0.6 is 11.6 Å². The molecule has 0 aliphatic carbocycles. The number of aryl methyl sites for hydroxylation is 1. The zero-order valence-corrected chi connectivity index (χ0v) is 11.5. The van der Waals surface area contributed by atoms with Crippen molar-refractivity contribution in [2.45, 2.75) is 38.6 Å². The first kappa shape index (κ1) is 13.3. The van der Waals surface area contributed by atoms with E-state index in [9.17, 15) is 4.79 Å². The zero-order valence-electron chi connectivity index (χ0n) is 10.7. The minimum Gasteiger partial charge on any atom is -0.336 e. The molecule has 1 fully saturated rings. The van der Waals surface area contributed by atoms with Crippen molar-refractivity contribution in [1.29, 1.82) is 0 Å². The van der Waals surface area contributed by atoms with E-state index in [1.165, 1.54) is 6.42 Å². The van der Waals surface area contributed by atoms with Crippen molar-refractivity contribution in [3.63, 3.8) is 0 Å². The topological polar surface area (TPSA) is 33.2 Å². The largest absolute Gasteiger partial charge is 0.336 e. The summed E-state index contributed by atoms with van der Waals surface area (Å²) < 4.78 is 0. The quantitative estimate of drug-likeness (QED) is 0.788. The second-order valence-electron chi connectivity index (χ2n) is 4.88. The average Bonchev–Trinajstić information content (AvgIpc) is 2.39. The number of likely N-dealkylation sites (tertiary alicyclic amines) is 1. The number of piperidine rings is 1. The highest BCUT2D eigenvalue weighted by Crippen LogP contribution is 2.22. The third-order valence-corrected chi connectivity index (χ3v) is 3.67. The van der Waals surface area contributed by atoms with Crippen LogP contribution in [-0.2, 0) is 0 Å². The van der Waals surface area contributed by atoms with Gasteiger partial charge in [-0.25, -0.2) is 0 Å². The molecule has 1 aromatic heterocycles. The van der Waals surface area contributed by atoms with Gasteiger partial charge in [0.15, 0.2) is 0 Å². The molecule has 1 atom stereocenters. The molecule has 0 bridgehead atoms. The number of carbonyl (C=O) groups excluding carboxylic acids is 1. The van der Waals surface area contributed by atoms with Crippen molar-refractivity contribution in [3.8, 4) is 0 Å². The molecule has 1 aliphatic heterocycles. The Balaban J connectivity index is 2.15. The van der Waals surface area contributed by atoms with Crippen LogP contribution in [0.2, 0.25) is 0 Å². The van der Waals surface area contributed by atoms with E-state index in [-0.39, 0.29) is 5.91 Å². The predicted octanol–water partition coefficient (Wildman–Crippen LogP) is 3.01. The van der Waals surface area contributed by atoms with Gasteiger partial charge in [-0.05, 0) is 44.2 Å². The highest BCUT2D eigenvalue weighted by atomic mass is 35.5. The minimum absolute atomic E-state index is 0.0982. The normalized spacial score (nSPS) is 19.9. The second kappa shape index (κ2) is 6.19. The maximum absolute atomic E-state index is 12.5. The van der Waals surface area contributed by atoms with E-state index >= 15 is 0 Å². The molecule has 1 aliphatic rings. The Labute approximate surface area is 113 Å². The van der Waals surface area contributed by atoms with Crippen molar-refractivity contribution in [3.05, 3.63) is 29.6 Å². The van der Waals surface area contributed by atoms with E-state index in [4.69, 9.17) is 11.6 Å². The molecule has 2 heterocycles. The van der Waals surface area contributed by atoms with Crippen molar-refractivity contribution in [2.75, 3.05) is 12.4 Å². The predicted molar refractivity (Wildman–Crippen MR) is 73.0 cm³/mol. The summed E-state index contributed by atoms with van der Waals surface area (Å²) in [6, 6.07) is 2.20. The summed E-state index contributed by atoms with van der Waals surface area (Å²) in [4.78, 5) is 18.6. The zero-order chi connectivity index (χ0) is 13.0. The molecule has 1 amide bonds. The summed E-state index contributed by atoms with van der Waals surface area (Å²) in [6.07, 6.45) is 7.65. The number of rotatable bonds is 3. The first-order valence-electron chi connectivity index (χ1n) is 6.51. The smallest absolute Gasteiger partial charge is 0.255 e. The molecule has 3 nitrogen and oxygen atoms in total. The lowest BCUT2D eigenvalue weighted by atomic mass is 9.99. The highest BCUT2D eigenvalue weighted by Gasteiger charge is 2.27. The fourth-order valence-corrected chi connectivity index (χ4v) is 2.78. The monoisotopic (exact) mass is 266 g/mol. The van der Waals surface area contributed by atoms with Gasteiger partial charge in [-0.15, -0.1) is 11.6 Å². The first-order valence-corrected chi connectivity index (χ1v) is 7.04. The van der Waals surface area contributed by atoms with Crippen LogP contribution < -0.4 is 0 Å². The first-order chi connectivity index (χ1) is 8.72. The van der Waals surface area contributed by atoms with Gasteiger partial charge in [-0.3, -0.25) is 9.78 Å². The van der Waals surface area contributed by atoms with Gasteiger partial charge in [-0.1, -0.05) is 0 Å². The average molecular weight is 267 g/mol. The van der Waals surface area contributed by atoms with Gasteiger partial charge in [0.05, 0.1) is 5.56 Å². The molecule has 1 saturated heterocycles. The number of carbonyl (C=O) groups is 1. The third-order valence-electron chi connectivity index (χ3n) is 3.45. The van der Waals surface area contributed by atoms with Crippen LogP contribution in [0, 0.1) is 6.92 Å². The molecule has 2 rings (SSSR count). The molecule has 1 aromatic rings.